The molecular formula is C10H24N2. The van der Waals surface area contributed by atoms with Gasteiger partial charge < -0.3 is 9.80 Å². The van der Waals surface area contributed by atoms with E-state index in [4.69, 9.17) is 0 Å². The van der Waals surface area contributed by atoms with Crippen LogP contribution in [0.15, 0.2) is 0 Å². The second-order valence-corrected chi connectivity index (χ2v) is 4.00. The van der Waals surface area contributed by atoms with Crippen molar-refractivity contribution in [1.29, 1.82) is 0 Å². The van der Waals surface area contributed by atoms with Gasteiger partial charge in [0.2, 0.25) is 0 Å². The highest BCUT2D eigenvalue weighted by molar-refractivity contribution is 4.69. The minimum Gasteiger partial charge on any atom is -0.304 e. The molecule has 0 amide bonds. The van der Waals surface area contributed by atoms with Crippen molar-refractivity contribution >= 4 is 0 Å². The standard InChI is InChI=1S/C9H20N2.CH4/c1-9(2)8-11-6-4-10(3)5-7-11;/h9H,4-8H2,1-3H3;1H4. The fourth-order valence-electron chi connectivity index (χ4n) is 1.55. The van der Waals surface area contributed by atoms with Gasteiger partial charge in [0.05, 0.1) is 0 Å². The Hall–Kier alpha value is -0.0800. The van der Waals surface area contributed by atoms with Gasteiger partial charge in [-0.25, -0.2) is 0 Å². The van der Waals surface area contributed by atoms with Crippen molar-refractivity contribution in [3.63, 3.8) is 0 Å². The van der Waals surface area contributed by atoms with E-state index in [1.807, 2.05) is 0 Å². The lowest BCUT2D eigenvalue weighted by molar-refractivity contribution is 0.141. The number of nitrogens with zero attached hydrogens (tertiary/aromatic N) is 2. The van der Waals surface area contributed by atoms with Crippen LogP contribution in [-0.4, -0.2) is 49.6 Å². The number of hydrogen-bond acceptors (Lipinski definition) is 2. The van der Waals surface area contributed by atoms with E-state index in [9.17, 15) is 0 Å². The smallest absolute Gasteiger partial charge is 0.0110 e. The van der Waals surface area contributed by atoms with E-state index in [-0.39, 0.29) is 7.43 Å². The Balaban J connectivity index is 0.00000121. The van der Waals surface area contributed by atoms with Gasteiger partial charge in [-0.05, 0) is 13.0 Å². The molecule has 0 aliphatic carbocycles. The Morgan fingerprint density at radius 1 is 1.08 bits per heavy atom. The van der Waals surface area contributed by atoms with Gasteiger partial charge >= 0.3 is 0 Å². The molecule has 0 spiro atoms. The summed E-state index contributed by atoms with van der Waals surface area (Å²) in [6.07, 6.45) is 0. The number of likely N-dealkylation sites (N-methyl/N-ethyl adjacent to an activating group) is 1. The van der Waals surface area contributed by atoms with Crippen molar-refractivity contribution in [1.82, 2.24) is 9.80 Å². The highest BCUT2D eigenvalue weighted by atomic mass is 15.2. The first-order valence-corrected chi connectivity index (χ1v) is 4.59. The number of piperazine rings is 1. The van der Waals surface area contributed by atoms with Gasteiger partial charge in [-0.3, -0.25) is 0 Å². The maximum atomic E-state index is 2.56. The highest BCUT2D eigenvalue weighted by Gasteiger charge is 2.13. The number of hydrogen-bond donors (Lipinski definition) is 0. The maximum Gasteiger partial charge on any atom is 0.0110 e. The summed E-state index contributed by atoms with van der Waals surface area (Å²) in [4.78, 5) is 4.96. The second kappa shape index (κ2) is 5.55. The summed E-state index contributed by atoms with van der Waals surface area (Å²) in [5, 5.41) is 0. The fraction of sp³-hybridized carbons (Fsp3) is 1.00. The van der Waals surface area contributed by atoms with Gasteiger partial charge in [0.15, 0.2) is 0 Å². The van der Waals surface area contributed by atoms with Crippen LogP contribution < -0.4 is 0 Å². The van der Waals surface area contributed by atoms with Crippen LogP contribution in [0.3, 0.4) is 0 Å². The highest BCUT2D eigenvalue weighted by Crippen LogP contribution is 2.02. The van der Waals surface area contributed by atoms with Gasteiger partial charge in [-0.1, -0.05) is 21.3 Å². The molecule has 0 bridgehead atoms. The minimum atomic E-state index is 0. The molecule has 2 heteroatoms. The summed E-state index contributed by atoms with van der Waals surface area (Å²) in [6, 6.07) is 0. The third kappa shape index (κ3) is 4.07. The van der Waals surface area contributed by atoms with Crippen LogP contribution in [-0.2, 0) is 0 Å². The lowest BCUT2D eigenvalue weighted by Gasteiger charge is -2.33. The van der Waals surface area contributed by atoms with E-state index in [0.29, 0.717) is 0 Å². The normalized spacial score (nSPS) is 21.0. The molecule has 0 saturated carbocycles. The van der Waals surface area contributed by atoms with Crippen molar-refractivity contribution in [2.45, 2.75) is 21.3 Å². The first-order chi connectivity index (χ1) is 5.18. The van der Waals surface area contributed by atoms with Crippen LogP contribution in [0, 0.1) is 5.92 Å². The predicted molar refractivity (Wildman–Crippen MR) is 55.5 cm³/mol. The first-order valence-electron chi connectivity index (χ1n) is 4.59. The third-order valence-corrected chi connectivity index (χ3v) is 2.22. The fourth-order valence-corrected chi connectivity index (χ4v) is 1.55. The van der Waals surface area contributed by atoms with Crippen molar-refractivity contribution in [2.75, 3.05) is 39.8 Å². The molecule has 0 radical (unpaired) electrons. The van der Waals surface area contributed by atoms with Crippen molar-refractivity contribution < 1.29 is 0 Å². The molecule has 0 unspecified atom stereocenters. The van der Waals surface area contributed by atoms with Gasteiger partial charge in [-0.15, -0.1) is 0 Å². The molecule has 0 aromatic heterocycles. The largest absolute Gasteiger partial charge is 0.304 e. The Morgan fingerprint density at radius 2 is 1.58 bits per heavy atom. The predicted octanol–water partition coefficient (Wildman–Crippen LogP) is 1.53. The monoisotopic (exact) mass is 172 g/mol. The van der Waals surface area contributed by atoms with Crippen molar-refractivity contribution in [2.24, 2.45) is 5.92 Å². The molecular weight excluding hydrogens is 148 g/mol. The molecule has 1 aliphatic heterocycles. The van der Waals surface area contributed by atoms with Crippen LogP contribution in [0.2, 0.25) is 0 Å². The zero-order valence-corrected chi connectivity index (χ0v) is 8.01. The van der Waals surface area contributed by atoms with Crippen LogP contribution >= 0.6 is 0 Å². The summed E-state index contributed by atoms with van der Waals surface area (Å²) in [7, 11) is 2.20. The average Bonchev–Trinajstić information content (AvgIpc) is 1.93. The van der Waals surface area contributed by atoms with E-state index in [1.54, 1.807) is 0 Å². The quantitative estimate of drug-likeness (QED) is 0.623. The van der Waals surface area contributed by atoms with E-state index in [0.717, 1.165) is 5.92 Å². The summed E-state index contributed by atoms with van der Waals surface area (Å²) in [5.74, 6) is 0.818. The zero-order valence-electron chi connectivity index (χ0n) is 8.01. The lowest BCUT2D eigenvalue weighted by atomic mass is 10.2. The summed E-state index contributed by atoms with van der Waals surface area (Å²) in [5.41, 5.74) is 0. The van der Waals surface area contributed by atoms with Crippen molar-refractivity contribution in [3.05, 3.63) is 0 Å². The Morgan fingerprint density at radius 3 is 2.00 bits per heavy atom. The topological polar surface area (TPSA) is 6.48 Å². The molecule has 1 heterocycles. The van der Waals surface area contributed by atoms with Crippen LogP contribution in [0.1, 0.15) is 21.3 Å². The first kappa shape index (κ1) is 11.9. The molecule has 0 aromatic carbocycles. The van der Waals surface area contributed by atoms with Crippen molar-refractivity contribution in [3.8, 4) is 0 Å². The zero-order chi connectivity index (χ0) is 8.27. The van der Waals surface area contributed by atoms with E-state index in [2.05, 4.69) is 30.7 Å². The van der Waals surface area contributed by atoms with Gasteiger partial charge in [0, 0.05) is 32.7 Å². The van der Waals surface area contributed by atoms with Gasteiger partial charge in [-0.2, -0.15) is 0 Å². The maximum absolute atomic E-state index is 2.56. The second-order valence-electron chi connectivity index (χ2n) is 4.00. The Kier molecular flexibility index (Phi) is 5.51. The molecule has 1 aliphatic rings. The van der Waals surface area contributed by atoms with Crippen LogP contribution in [0.5, 0.6) is 0 Å². The third-order valence-electron chi connectivity index (χ3n) is 2.22. The molecule has 2 nitrogen and oxygen atoms in total. The minimum absolute atomic E-state index is 0. The lowest BCUT2D eigenvalue weighted by Crippen LogP contribution is -2.45. The van der Waals surface area contributed by atoms with Crippen LogP contribution in [0.4, 0.5) is 0 Å². The summed E-state index contributed by atoms with van der Waals surface area (Å²) in [6.45, 7) is 10.9. The molecule has 0 N–H and O–H groups in total. The van der Waals surface area contributed by atoms with E-state index >= 15 is 0 Å². The van der Waals surface area contributed by atoms with E-state index in [1.165, 1.54) is 32.7 Å². The number of rotatable bonds is 2. The molecule has 74 valence electrons. The van der Waals surface area contributed by atoms with E-state index < -0.39 is 0 Å². The average molecular weight is 172 g/mol. The molecule has 12 heavy (non-hydrogen) atoms. The molecule has 0 atom stereocenters. The molecule has 1 rings (SSSR count). The molecule has 1 saturated heterocycles. The summed E-state index contributed by atoms with van der Waals surface area (Å²) >= 11 is 0. The Labute approximate surface area is 77.5 Å². The summed E-state index contributed by atoms with van der Waals surface area (Å²) < 4.78 is 0. The molecule has 0 aromatic rings. The molecule has 1 fully saturated rings. The van der Waals surface area contributed by atoms with Gasteiger partial charge in [0.25, 0.3) is 0 Å². The SMILES string of the molecule is C.CC(C)CN1CCN(C)CC1. The van der Waals surface area contributed by atoms with Gasteiger partial charge in [0.1, 0.15) is 0 Å². The van der Waals surface area contributed by atoms with Crippen LogP contribution in [0.25, 0.3) is 0 Å². The Bertz CT molecular complexity index is 104.